The van der Waals surface area contributed by atoms with Crippen LogP contribution in [0.3, 0.4) is 0 Å². The van der Waals surface area contributed by atoms with Gasteiger partial charge in [0, 0.05) is 12.0 Å². The molecule has 0 aliphatic carbocycles. The highest BCUT2D eigenvalue weighted by atomic mass is 19.1. The molecular weight excluding hydrogens is 419 g/mol. The first kappa shape index (κ1) is 24.3. The van der Waals surface area contributed by atoms with E-state index in [1.165, 1.54) is 6.07 Å². The summed E-state index contributed by atoms with van der Waals surface area (Å²) in [6.07, 6.45) is 0.542. The van der Waals surface area contributed by atoms with Gasteiger partial charge in [0.25, 0.3) is 0 Å². The van der Waals surface area contributed by atoms with Gasteiger partial charge >= 0.3 is 5.97 Å². The van der Waals surface area contributed by atoms with Crippen molar-refractivity contribution >= 4 is 5.97 Å². The van der Waals surface area contributed by atoms with Crippen LogP contribution in [-0.2, 0) is 23.2 Å². The van der Waals surface area contributed by atoms with Gasteiger partial charge in [-0.05, 0) is 70.8 Å². The number of aliphatic carboxylic acids is 1. The first-order valence-corrected chi connectivity index (χ1v) is 11.0. The van der Waals surface area contributed by atoms with Gasteiger partial charge in [0.1, 0.15) is 23.9 Å². The molecule has 3 aromatic rings. The standard InChI is InChI=1S/C28H31FO4/c1-18-6-7-19(9-13-27(30)31)15-26(18)33-17-20-8-11-22(24(14-20)28(2,3)4)23-16-21(32-5)10-12-25(23)29/h6-8,10-12,14-16H,9,13,17H2,1-5H3,(H,30,31). The van der Waals surface area contributed by atoms with Gasteiger partial charge in [-0.1, -0.05) is 51.1 Å². The Balaban J connectivity index is 1.89. The van der Waals surface area contributed by atoms with E-state index in [2.05, 4.69) is 26.8 Å². The van der Waals surface area contributed by atoms with E-state index in [1.807, 2.05) is 37.3 Å². The first-order valence-electron chi connectivity index (χ1n) is 11.0. The molecule has 3 rings (SSSR count). The van der Waals surface area contributed by atoms with Crippen molar-refractivity contribution in [2.75, 3.05) is 7.11 Å². The van der Waals surface area contributed by atoms with E-state index in [0.29, 0.717) is 24.3 Å². The average Bonchev–Trinajstić information content (AvgIpc) is 2.77. The SMILES string of the molecule is COc1ccc(F)c(-c2ccc(COc3cc(CCC(=O)O)ccc3C)cc2C(C)(C)C)c1. The zero-order chi connectivity index (χ0) is 24.2. The lowest BCUT2D eigenvalue weighted by Gasteiger charge is -2.25. The molecule has 5 heteroatoms. The van der Waals surface area contributed by atoms with Crippen LogP contribution in [0.1, 0.15) is 49.4 Å². The fourth-order valence-corrected chi connectivity index (χ4v) is 3.74. The fourth-order valence-electron chi connectivity index (χ4n) is 3.74. The maximum Gasteiger partial charge on any atom is 0.303 e. The van der Waals surface area contributed by atoms with Gasteiger partial charge in [-0.3, -0.25) is 4.79 Å². The van der Waals surface area contributed by atoms with Gasteiger partial charge in [0.2, 0.25) is 0 Å². The number of hydrogen-bond acceptors (Lipinski definition) is 3. The predicted molar refractivity (Wildman–Crippen MR) is 129 cm³/mol. The molecular formula is C28H31FO4. The van der Waals surface area contributed by atoms with E-state index in [4.69, 9.17) is 14.6 Å². The molecule has 0 saturated carbocycles. The van der Waals surface area contributed by atoms with E-state index in [-0.39, 0.29) is 17.7 Å². The van der Waals surface area contributed by atoms with Crippen molar-refractivity contribution in [3.63, 3.8) is 0 Å². The Bertz CT molecular complexity index is 1150. The molecule has 0 bridgehead atoms. The quantitative estimate of drug-likeness (QED) is 0.415. The summed E-state index contributed by atoms with van der Waals surface area (Å²) in [5.41, 5.74) is 5.03. The van der Waals surface area contributed by atoms with Gasteiger partial charge in [-0.2, -0.15) is 0 Å². The molecule has 0 atom stereocenters. The summed E-state index contributed by atoms with van der Waals surface area (Å²) in [5, 5.41) is 8.93. The van der Waals surface area contributed by atoms with Crippen LogP contribution in [0.5, 0.6) is 11.5 Å². The molecule has 0 amide bonds. The third-order valence-corrected chi connectivity index (χ3v) is 5.63. The van der Waals surface area contributed by atoms with E-state index >= 15 is 0 Å². The van der Waals surface area contributed by atoms with Crippen molar-refractivity contribution in [3.05, 3.63) is 82.7 Å². The van der Waals surface area contributed by atoms with Crippen LogP contribution >= 0.6 is 0 Å². The molecule has 0 heterocycles. The minimum atomic E-state index is -0.819. The molecule has 0 fully saturated rings. The van der Waals surface area contributed by atoms with E-state index < -0.39 is 5.97 Å². The molecule has 0 radical (unpaired) electrons. The molecule has 1 N–H and O–H groups in total. The van der Waals surface area contributed by atoms with Gasteiger partial charge in [-0.15, -0.1) is 0 Å². The van der Waals surface area contributed by atoms with Gasteiger partial charge in [0.15, 0.2) is 0 Å². The Morgan fingerprint density at radius 1 is 0.970 bits per heavy atom. The van der Waals surface area contributed by atoms with Crippen LogP contribution in [0, 0.1) is 12.7 Å². The number of methoxy groups -OCH3 is 1. The number of halogens is 1. The number of hydrogen-bond donors (Lipinski definition) is 1. The summed E-state index contributed by atoms with van der Waals surface area (Å²) in [6, 6.07) is 16.5. The van der Waals surface area contributed by atoms with Gasteiger partial charge in [0.05, 0.1) is 7.11 Å². The third kappa shape index (κ3) is 6.13. The average molecular weight is 451 g/mol. The summed E-state index contributed by atoms with van der Waals surface area (Å²) >= 11 is 0. The Morgan fingerprint density at radius 2 is 1.70 bits per heavy atom. The Kier molecular flexibility index (Phi) is 7.42. The van der Waals surface area contributed by atoms with Crippen LogP contribution < -0.4 is 9.47 Å². The lowest BCUT2D eigenvalue weighted by Crippen LogP contribution is -2.14. The number of carboxylic acid groups (broad SMARTS) is 1. The minimum absolute atomic E-state index is 0.0831. The van der Waals surface area contributed by atoms with Crippen LogP contribution in [0.4, 0.5) is 4.39 Å². The summed E-state index contributed by atoms with van der Waals surface area (Å²) in [7, 11) is 1.57. The zero-order valence-electron chi connectivity index (χ0n) is 19.9. The van der Waals surface area contributed by atoms with Crippen LogP contribution in [0.15, 0.2) is 54.6 Å². The number of carbonyl (C=O) groups is 1. The first-order chi connectivity index (χ1) is 15.6. The largest absolute Gasteiger partial charge is 0.497 e. The van der Waals surface area contributed by atoms with Gasteiger partial charge < -0.3 is 14.6 Å². The number of carboxylic acids is 1. The topological polar surface area (TPSA) is 55.8 Å². The highest BCUT2D eigenvalue weighted by molar-refractivity contribution is 5.71. The van der Waals surface area contributed by atoms with Gasteiger partial charge in [-0.25, -0.2) is 4.39 Å². The van der Waals surface area contributed by atoms with Crippen LogP contribution in [-0.4, -0.2) is 18.2 Å². The number of benzene rings is 3. The minimum Gasteiger partial charge on any atom is -0.497 e. The molecule has 3 aromatic carbocycles. The van der Waals surface area contributed by atoms with E-state index in [1.54, 1.807) is 19.2 Å². The summed E-state index contributed by atoms with van der Waals surface area (Å²) in [5.74, 6) is 0.231. The highest BCUT2D eigenvalue weighted by Gasteiger charge is 2.21. The maximum atomic E-state index is 14.7. The molecule has 0 aliphatic heterocycles. The highest BCUT2D eigenvalue weighted by Crippen LogP contribution is 2.37. The zero-order valence-corrected chi connectivity index (χ0v) is 19.9. The third-order valence-electron chi connectivity index (χ3n) is 5.63. The molecule has 0 spiro atoms. The molecule has 0 aromatic heterocycles. The fraction of sp³-hybridized carbons (Fsp3) is 0.321. The lowest BCUT2D eigenvalue weighted by atomic mass is 9.81. The smallest absolute Gasteiger partial charge is 0.303 e. The van der Waals surface area contributed by atoms with E-state index in [0.717, 1.165) is 33.6 Å². The summed E-state index contributed by atoms with van der Waals surface area (Å²) < 4.78 is 26.1. The molecule has 0 aliphatic rings. The van der Waals surface area contributed by atoms with E-state index in [9.17, 15) is 9.18 Å². The second kappa shape index (κ2) is 10.1. The number of rotatable bonds is 8. The Labute approximate surface area is 195 Å². The normalized spacial score (nSPS) is 11.3. The van der Waals surface area contributed by atoms with Crippen molar-refractivity contribution in [2.24, 2.45) is 0 Å². The lowest BCUT2D eigenvalue weighted by molar-refractivity contribution is -0.136. The van der Waals surface area contributed by atoms with Crippen molar-refractivity contribution in [3.8, 4) is 22.6 Å². The molecule has 0 unspecified atom stereocenters. The Morgan fingerprint density at radius 3 is 2.36 bits per heavy atom. The van der Waals surface area contributed by atoms with Crippen LogP contribution in [0.2, 0.25) is 0 Å². The molecule has 4 nitrogen and oxygen atoms in total. The number of ether oxygens (including phenoxy) is 2. The monoisotopic (exact) mass is 450 g/mol. The number of aryl methyl sites for hydroxylation is 2. The second-order valence-electron chi connectivity index (χ2n) is 9.26. The Hall–Kier alpha value is -3.34. The van der Waals surface area contributed by atoms with Crippen LogP contribution in [0.25, 0.3) is 11.1 Å². The summed E-state index contributed by atoms with van der Waals surface area (Å²) in [6.45, 7) is 8.62. The van der Waals surface area contributed by atoms with Crippen molar-refractivity contribution in [1.29, 1.82) is 0 Å². The van der Waals surface area contributed by atoms with Crippen molar-refractivity contribution in [2.45, 2.75) is 52.6 Å². The van der Waals surface area contributed by atoms with Crippen molar-refractivity contribution < 1.29 is 23.8 Å². The molecule has 174 valence electrons. The maximum absolute atomic E-state index is 14.7. The summed E-state index contributed by atoms with van der Waals surface area (Å²) in [4.78, 5) is 10.9. The molecule has 33 heavy (non-hydrogen) atoms. The van der Waals surface area contributed by atoms with Crippen molar-refractivity contribution in [1.82, 2.24) is 0 Å². The second-order valence-corrected chi connectivity index (χ2v) is 9.26. The molecule has 0 saturated heterocycles. The predicted octanol–water partition coefficient (Wildman–Crippen LogP) is 6.70.